The van der Waals surface area contributed by atoms with Crippen LogP contribution in [0.15, 0.2) is 30.9 Å². The predicted octanol–water partition coefficient (Wildman–Crippen LogP) is 3.41. The molecule has 144 valence electrons. The molecule has 3 heterocycles. The smallest absolute Gasteiger partial charge is 0.225 e. The van der Waals surface area contributed by atoms with E-state index < -0.39 is 0 Å². The largest absolute Gasteiger partial charge is 0.363 e. The Hall–Kier alpha value is -2.90. The summed E-state index contributed by atoms with van der Waals surface area (Å²) in [5.41, 5.74) is 3.20. The predicted molar refractivity (Wildman–Crippen MR) is 107 cm³/mol. The summed E-state index contributed by atoms with van der Waals surface area (Å²) in [6, 6.07) is 2.17. The number of aryl methyl sites for hydroxylation is 2. The lowest BCUT2D eigenvalue weighted by Crippen LogP contribution is -2.13. The van der Waals surface area contributed by atoms with Crippen molar-refractivity contribution in [1.29, 1.82) is 0 Å². The highest BCUT2D eigenvalue weighted by atomic mass is 15.3. The van der Waals surface area contributed by atoms with Crippen LogP contribution in [0.2, 0.25) is 0 Å². The SMILES string of the molecule is CC(C)c1cc(NC(C)c2cnn(C)c2)nc(NC(C)c2cnn(C)c2)n1. The minimum absolute atomic E-state index is 0.0599. The van der Waals surface area contributed by atoms with Crippen LogP contribution in [-0.4, -0.2) is 29.5 Å². The molecule has 0 saturated heterocycles. The molecule has 0 aliphatic heterocycles. The van der Waals surface area contributed by atoms with Gasteiger partial charge in [0.25, 0.3) is 0 Å². The summed E-state index contributed by atoms with van der Waals surface area (Å²) in [5.74, 6) is 1.71. The molecule has 0 aromatic carbocycles. The molecule has 8 nitrogen and oxygen atoms in total. The molecule has 2 unspecified atom stereocenters. The Morgan fingerprint density at radius 2 is 1.37 bits per heavy atom. The fourth-order valence-corrected chi connectivity index (χ4v) is 2.81. The molecule has 3 aromatic rings. The molecule has 3 aromatic heterocycles. The average molecular weight is 368 g/mol. The molecule has 0 aliphatic carbocycles. The molecular weight excluding hydrogens is 340 g/mol. The van der Waals surface area contributed by atoms with Crippen molar-refractivity contribution in [3.63, 3.8) is 0 Å². The first-order valence-electron chi connectivity index (χ1n) is 9.21. The first kappa shape index (κ1) is 18.9. The van der Waals surface area contributed by atoms with Gasteiger partial charge in [-0.2, -0.15) is 15.2 Å². The van der Waals surface area contributed by atoms with Gasteiger partial charge in [-0.25, -0.2) is 4.98 Å². The minimum Gasteiger partial charge on any atom is -0.363 e. The molecular formula is C19H28N8. The Morgan fingerprint density at radius 3 is 1.85 bits per heavy atom. The standard InChI is InChI=1S/C19H28N8/c1-12(2)17-7-18(22-13(3)15-8-20-26(5)10-15)25-19(24-17)23-14(4)16-9-21-27(6)11-16/h7-14H,1-6H3,(H2,22,23,24,25). The molecule has 27 heavy (non-hydrogen) atoms. The molecule has 8 heteroatoms. The van der Waals surface area contributed by atoms with Gasteiger partial charge in [-0.05, 0) is 19.8 Å². The first-order chi connectivity index (χ1) is 12.8. The van der Waals surface area contributed by atoms with Crippen molar-refractivity contribution < 1.29 is 0 Å². The van der Waals surface area contributed by atoms with E-state index in [4.69, 9.17) is 0 Å². The third kappa shape index (κ3) is 4.64. The number of nitrogens with zero attached hydrogens (tertiary/aromatic N) is 6. The first-order valence-corrected chi connectivity index (χ1v) is 9.21. The highest BCUT2D eigenvalue weighted by Gasteiger charge is 2.14. The van der Waals surface area contributed by atoms with Crippen molar-refractivity contribution in [3.8, 4) is 0 Å². The molecule has 0 aliphatic rings. The number of rotatable bonds is 7. The van der Waals surface area contributed by atoms with E-state index in [1.165, 1.54) is 0 Å². The van der Waals surface area contributed by atoms with Gasteiger partial charge in [0.15, 0.2) is 0 Å². The molecule has 3 rings (SSSR count). The maximum absolute atomic E-state index is 4.68. The Labute approximate surface area is 160 Å². The van der Waals surface area contributed by atoms with Gasteiger partial charge in [-0.1, -0.05) is 13.8 Å². The molecule has 2 N–H and O–H groups in total. The van der Waals surface area contributed by atoms with E-state index in [0.717, 1.165) is 22.6 Å². The third-order valence-electron chi connectivity index (χ3n) is 4.50. The van der Waals surface area contributed by atoms with Crippen LogP contribution in [0.25, 0.3) is 0 Å². The normalized spacial score (nSPS) is 13.6. The van der Waals surface area contributed by atoms with Gasteiger partial charge in [0.2, 0.25) is 5.95 Å². The van der Waals surface area contributed by atoms with Crippen molar-refractivity contribution in [2.45, 2.75) is 45.7 Å². The van der Waals surface area contributed by atoms with Crippen LogP contribution in [0.4, 0.5) is 11.8 Å². The van der Waals surface area contributed by atoms with E-state index in [0.29, 0.717) is 11.9 Å². The summed E-state index contributed by atoms with van der Waals surface area (Å²) in [7, 11) is 3.83. The fraction of sp³-hybridized carbons (Fsp3) is 0.474. The van der Waals surface area contributed by atoms with E-state index in [1.54, 1.807) is 9.36 Å². The van der Waals surface area contributed by atoms with Gasteiger partial charge in [0.1, 0.15) is 5.82 Å². The van der Waals surface area contributed by atoms with E-state index in [9.17, 15) is 0 Å². The van der Waals surface area contributed by atoms with Crippen LogP contribution >= 0.6 is 0 Å². The van der Waals surface area contributed by atoms with Crippen molar-refractivity contribution in [3.05, 3.63) is 47.7 Å². The number of hydrogen-bond acceptors (Lipinski definition) is 6. The van der Waals surface area contributed by atoms with Crippen molar-refractivity contribution >= 4 is 11.8 Å². The highest BCUT2D eigenvalue weighted by molar-refractivity contribution is 5.45. The van der Waals surface area contributed by atoms with Crippen LogP contribution in [0.1, 0.15) is 62.5 Å². The second-order valence-electron chi connectivity index (χ2n) is 7.28. The van der Waals surface area contributed by atoms with Crippen LogP contribution in [-0.2, 0) is 14.1 Å². The zero-order valence-corrected chi connectivity index (χ0v) is 16.8. The zero-order valence-electron chi connectivity index (χ0n) is 16.8. The quantitative estimate of drug-likeness (QED) is 0.665. The van der Waals surface area contributed by atoms with Gasteiger partial charge in [-0.3, -0.25) is 9.36 Å². The van der Waals surface area contributed by atoms with Crippen LogP contribution in [0, 0.1) is 0 Å². The maximum atomic E-state index is 4.68. The number of anilines is 2. The van der Waals surface area contributed by atoms with E-state index in [2.05, 4.69) is 58.5 Å². The van der Waals surface area contributed by atoms with Crippen LogP contribution in [0.5, 0.6) is 0 Å². The third-order valence-corrected chi connectivity index (χ3v) is 4.50. The maximum Gasteiger partial charge on any atom is 0.225 e. The summed E-state index contributed by atoms with van der Waals surface area (Å²) >= 11 is 0. The molecule has 2 atom stereocenters. The van der Waals surface area contributed by atoms with E-state index in [1.807, 2.05) is 44.9 Å². The Bertz CT molecular complexity index is 828. The number of aromatic nitrogens is 6. The van der Waals surface area contributed by atoms with Crippen molar-refractivity contribution in [1.82, 2.24) is 29.5 Å². The Balaban J connectivity index is 1.81. The van der Waals surface area contributed by atoms with Gasteiger partial charge in [0.05, 0.1) is 30.2 Å². The molecule has 0 spiro atoms. The monoisotopic (exact) mass is 368 g/mol. The van der Waals surface area contributed by atoms with E-state index >= 15 is 0 Å². The molecule has 0 radical (unpaired) electrons. The summed E-state index contributed by atoms with van der Waals surface area (Å²) in [4.78, 5) is 9.36. The van der Waals surface area contributed by atoms with Gasteiger partial charge >= 0.3 is 0 Å². The molecule has 0 fully saturated rings. The summed E-state index contributed by atoms with van der Waals surface area (Å²) < 4.78 is 3.59. The van der Waals surface area contributed by atoms with Crippen LogP contribution < -0.4 is 10.6 Å². The lowest BCUT2D eigenvalue weighted by molar-refractivity contribution is 0.763. The molecule has 0 bridgehead atoms. The van der Waals surface area contributed by atoms with Crippen LogP contribution in [0.3, 0.4) is 0 Å². The second-order valence-corrected chi connectivity index (χ2v) is 7.28. The molecule has 0 saturated carbocycles. The number of hydrogen-bond donors (Lipinski definition) is 2. The van der Waals surface area contributed by atoms with Gasteiger partial charge in [-0.15, -0.1) is 0 Å². The highest BCUT2D eigenvalue weighted by Crippen LogP contribution is 2.24. The lowest BCUT2D eigenvalue weighted by atomic mass is 10.1. The zero-order chi connectivity index (χ0) is 19.6. The van der Waals surface area contributed by atoms with Crippen molar-refractivity contribution in [2.24, 2.45) is 14.1 Å². The van der Waals surface area contributed by atoms with Crippen molar-refractivity contribution in [2.75, 3.05) is 10.6 Å². The number of nitrogens with one attached hydrogen (secondary N) is 2. The minimum atomic E-state index is 0.0599. The Kier molecular flexibility index (Phi) is 5.43. The summed E-state index contributed by atoms with van der Waals surface area (Å²) in [6.45, 7) is 8.43. The second kappa shape index (κ2) is 7.77. The lowest BCUT2D eigenvalue weighted by Gasteiger charge is -2.18. The molecule has 0 amide bonds. The fourth-order valence-electron chi connectivity index (χ4n) is 2.81. The van der Waals surface area contributed by atoms with E-state index in [-0.39, 0.29) is 12.1 Å². The van der Waals surface area contributed by atoms with Gasteiger partial charge in [0, 0.05) is 43.7 Å². The average Bonchev–Trinajstić information content (AvgIpc) is 3.23. The summed E-state index contributed by atoms with van der Waals surface area (Å²) in [6.07, 6.45) is 7.72. The topological polar surface area (TPSA) is 85.5 Å². The summed E-state index contributed by atoms with van der Waals surface area (Å²) in [5, 5.41) is 15.3. The Morgan fingerprint density at radius 1 is 0.815 bits per heavy atom. The van der Waals surface area contributed by atoms with Gasteiger partial charge < -0.3 is 10.6 Å².